The lowest BCUT2D eigenvalue weighted by Gasteiger charge is -2.33. The zero-order valence-electron chi connectivity index (χ0n) is 23.7. The lowest BCUT2D eigenvalue weighted by molar-refractivity contribution is 0.0763. The summed E-state index contributed by atoms with van der Waals surface area (Å²) in [7, 11) is 2.02. The van der Waals surface area contributed by atoms with Crippen molar-refractivity contribution in [1.82, 2.24) is 39.0 Å². The van der Waals surface area contributed by atoms with Crippen LogP contribution in [0.15, 0.2) is 30.6 Å². The molecular weight excluding hydrogens is 492 g/mol. The Morgan fingerprint density at radius 3 is 2.72 bits per heavy atom. The molecule has 1 unspecified atom stereocenters. The van der Waals surface area contributed by atoms with Crippen LogP contribution >= 0.6 is 0 Å². The summed E-state index contributed by atoms with van der Waals surface area (Å²) in [6.45, 7) is 13.6. The van der Waals surface area contributed by atoms with Gasteiger partial charge in [-0.05, 0) is 65.3 Å². The molecule has 10 nitrogen and oxygen atoms in total. The van der Waals surface area contributed by atoms with Crippen molar-refractivity contribution in [2.24, 2.45) is 7.05 Å². The van der Waals surface area contributed by atoms with Gasteiger partial charge in [-0.15, -0.1) is 0 Å². The number of aliphatic hydroxyl groups excluding tert-OH is 1. The average molecular weight is 531 g/mol. The second-order valence-corrected chi connectivity index (χ2v) is 11.7. The predicted octanol–water partition coefficient (Wildman–Crippen LogP) is 4.05. The highest BCUT2D eigenvalue weighted by Crippen LogP contribution is 2.41. The molecular formula is C29H38N8O2. The molecule has 1 atom stereocenters. The van der Waals surface area contributed by atoms with E-state index in [0.717, 1.165) is 65.1 Å². The second kappa shape index (κ2) is 9.60. The molecule has 10 heteroatoms. The third-order valence-corrected chi connectivity index (χ3v) is 8.16. The molecule has 0 amide bonds. The summed E-state index contributed by atoms with van der Waals surface area (Å²) < 4.78 is 12.4. The van der Waals surface area contributed by atoms with Crippen LogP contribution in [0.2, 0.25) is 0 Å². The minimum Gasteiger partial charge on any atom is -0.491 e. The first-order valence-corrected chi connectivity index (χ1v) is 13.8. The van der Waals surface area contributed by atoms with Gasteiger partial charge in [-0.1, -0.05) is 6.07 Å². The van der Waals surface area contributed by atoms with Gasteiger partial charge in [-0.25, -0.2) is 14.6 Å². The van der Waals surface area contributed by atoms with Crippen LogP contribution in [0, 0.1) is 6.92 Å². The molecule has 6 rings (SSSR count). The van der Waals surface area contributed by atoms with Gasteiger partial charge in [0.1, 0.15) is 29.7 Å². The normalized spacial score (nSPS) is 17.8. The number of aliphatic hydroxyl groups is 1. The van der Waals surface area contributed by atoms with Gasteiger partial charge in [0.15, 0.2) is 5.82 Å². The number of likely N-dealkylation sites (tertiary alicyclic amines) is 1. The minimum absolute atomic E-state index is 0.146. The van der Waals surface area contributed by atoms with Gasteiger partial charge >= 0.3 is 0 Å². The van der Waals surface area contributed by atoms with E-state index in [1.807, 2.05) is 29.5 Å². The monoisotopic (exact) mass is 530 g/mol. The van der Waals surface area contributed by atoms with Crippen LogP contribution in [0.3, 0.4) is 0 Å². The van der Waals surface area contributed by atoms with Gasteiger partial charge in [0.2, 0.25) is 0 Å². The van der Waals surface area contributed by atoms with Gasteiger partial charge in [0.25, 0.3) is 0 Å². The first-order chi connectivity index (χ1) is 18.7. The largest absolute Gasteiger partial charge is 0.491 e. The Morgan fingerprint density at radius 2 is 1.95 bits per heavy atom. The van der Waals surface area contributed by atoms with Gasteiger partial charge in [-0.2, -0.15) is 10.2 Å². The maximum atomic E-state index is 9.88. The summed E-state index contributed by atoms with van der Waals surface area (Å²) >= 11 is 0. The van der Waals surface area contributed by atoms with Crippen LogP contribution in [0.4, 0.5) is 0 Å². The van der Waals surface area contributed by atoms with Crippen molar-refractivity contribution < 1.29 is 9.84 Å². The Labute approximate surface area is 229 Å². The van der Waals surface area contributed by atoms with Crippen LogP contribution in [0.25, 0.3) is 34.0 Å². The maximum absolute atomic E-state index is 9.88. The van der Waals surface area contributed by atoms with Crippen molar-refractivity contribution in [1.29, 1.82) is 0 Å². The lowest BCUT2D eigenvalue weighted by atomic mass is 9.95. The molecule has 3 aromatic heterocycles. The Bertz CT molecular complexity index is 1510. The van der Waals surface area contributed by atoms with Crippen LogP contribution in [0.1, 0.15) is 57.6 Å². The molecule has 1 aromatic carbocycles. The van der Waals surface area contributed by atoms with E-state index in [1.54, 1.807) is 0 Å². The smallest absolute Gasteiger partial charge is 0.178 e. The van der Waals surface area contributed by atoms with E-state index in [-0.39, 0.29) is 18.2 Å². The van der Waals surface area contributed by atoms with Gasteiger partial charge in [0.05, 0.1) is 30.6 Å². The van der Waals surface area contributed by atoms with Gasteiger partial charge < -0.3 is 14.4 Å². The first kappa shape index (κ1) is 25.8. The molecule has 4 aromatic rings. The van der Waals surface area contributed by atoms with Crippen molar-refractivity contribution in [3.63, 3.8) is 0 Å². The number of aryl methyl sites for hydroxylation is 2. The number of aromatic nitrogens is 7. The van der Waals surface area contributed by atoms with Crippen molar-refractivity contribution >= 4 is 0 Å². The average Bonchev–Trinajstić information content (AvgIpc) is 3.68. The number of imidazole rings is 1. The van der Waals surface area contributed by atoms with E-state index < -0.39 is 0 Å². The minimum atomic E-state index is -0.229. The fourth-order valence-electron chi connectivity index (χ4n) is 5.91. The zero-order valence-corrected chi connectivity index (χ0v) is 23.7. The molecule has 1 fully saturated rings. The summed E-state index contributed by atoms with van der Waals surface area (Å²) in [5, 5.41) is 19.1. The van der Waals surface area contributed by atoms with Gasteiger partial charge in [0, 0.05) is 42.9 Å². The van der Waals surface area contributed by atoms with E-state index in [4.69, 9.17) is 9.72 Å². The lowest BCUT2D eigenvalue weighted by Crippen LogP contribution is -2.45. The molecule has 0 aliphatic carbocycles. The van der Waals surface area contributed by atoms with E-state index in [0.29, 0.717) is 19.1 Å². The quantitative estimate of drug-likeness (QED) is 0.402. The highest BCUT2D eigenvalue weighted by atomic mass is 16.5. The fraction of sp³-hybridized carbons (Fsp3) is 0.517. The molecule has 2 aliphatic rings. The third-order valence-electron chi connectivity index (χ3n) is 8.16. The molecule has 0 bridgehead atoms. The van der Waals surface area contributed by atoms with Gasteiger partial charge in [-0.3, -0.25) is 9.58 Å². The first-order valence-electron chi connectivity index (χ1n) is 13.8. The van der Waals surface area contributed by atoms with Crippen LogP contribution in [0.5, 0.6) is 5.75 Å². The number of benzene rings is 1. The Morgan fingerprint density at radius 1 is 1.13 bits per heavy atom. The van der Waals surface area contributed by atoms with E-state index >= 15 is 0 Å². The highest BCUT2D eigenvalue weighted by molar-refractivity contribution is 5.76. The summed E-state index contributed by atoms with van der Waals surface area (Å²) in [6, 6.07) is 6.59. The molecule has 1 saturated heterocycles. The summed E-state index contributed by atoms with van der Waals surface area (Å²) in [5.74, 6) is 3.59. The van der Waals surface area contributed by atoms with Crippen LogP contribution in [-0.2, 0) is 13.6 Å². The number of fused-ring (bicyclic) bond motifs is 3. The van der Waals surface area contributed by atoms with Crippen LogP contribution < -0.4 is 4.74 Å². The Hall–Kier alpha value is -3.50. The SMILES string of the molecule is Cc1nc(-c2cn3c(n2)-c2ccc(-c4cnn(C)c4C4CCN(C(C)(C)CO)C4)cc2OCC3)n(C(C)C)n1. The highest BCUT2D eigenvalue weighted by Gasteiger charge is 2.36. The summed E-state index contributed by atoms with van der Waals surface area (Å²) in [5.41, 5.74) is 5.01. The predicted molar refractivity (Wildman–Crippen MR) is 150 cm³/mol. The molecule has 0 radical (unpaired) electrons. The molecule has 0 saturated carbocycles. The van der Waals surface area contributed by atoms with Crippen molar-refractivity contribution in [2.75, 3.05) is 26.3 Å². The topological polar surface area (TPSA) is 99.0 Å². The summed E-state index contributed by atoms with van der Waals surface area (Å²) in [6.07, 6.45) is 5.06. The van der Waals surface area contributed by atoms with Crippen molar-refractivity contribution in [2.45, 2.75) is 65.1 Å². The van der Waals surface area contributed by atoms with Crippen LogP contribution in [-0.4, -0.2) is 75.9 Å². The van der Waals surface area contributed by atoms with E-state index in [1.165, 1.54) is 5.69 Å². The number of hydrogen-bond donors (Lipinski definition) is 1. The Balaban J connectivity index is 1.35. The van der Waals surface area contributed by atoms with E-state index in [2.05, 4.69) is 76.7 Å². The van der Waals surface area contributed by atoms with E-state index in [9.17, 15) is 5.11 Å². The molecule has 39 heavy (non-hydrogen) atoms. The number of nitrogens with zero attached hydrogens (tertiary/aromatic N) is 8. The number of ether oxygens (including phenoxy) is 1. The molecule has 5 heterocycles. The zero-order chi connectivity index (χ0) is 27.5. The number of hydrogen-bond acceptors (Lipinski definition) is 7. The molecule has 1 N–H and O–H groups in total. The van der Waals surface area contributed by atoms with Crippen molar-refractivity contribution in [3.8, 4) is 39.8 Å². The third kappa shape index (κ3) is 4.45. The standard InChI is InChI=1S/C29H38N8O2/c1-18(2)37-28(31-19(3)33-37)24-16-35-11-12-39-25-13-20(7-8-22(25)27(35)32-24)23-14-30-34(6)26(23)21-9-10-36(15-21)29(4,5)17-38/h7-8,13-14,16,18,21,38H,9-12,15,17H2,1-6H3. The summed E-state index contributed by atoms with van der Waals surface area (Å²) in [4.78, 5) is 12.1. The van der Waals surface area contributed by atoms with Crippen molar-refractivity contribution in [3.05, 3.63) is 42.1 Å². The Kier molecular flexibility index (Phi) is 6.34. The number of rotatable bonds is 6. The molecule has 2 aliphatic heterocycles. The molecule has 206 valence electrons. The fourth-order valence-corrected chi connectivity index (χ4v) is 5.91. The second-order valence-electron chi connectivity index (χ2n) is 11.7. The maximum Gasteiger partial charge on any atom is 0.178 e. The molecule has 0 spiro atoms.